The van der Waals surface area contributed by atoms with Gasteiger partial charge in [0.25, 0.3) is 0 Å². The highest BCUT2D eigenvalue weighted by atomic mass is 16.6. The summed E-state index contributed by atoms with van der Waals surface area (Å²) < 4.78 is 11.8. The Morgan fingerprint density at radius 1 is 1.25 bits per heavy atom. The van der Waals surface area contributed by atoms with Crippen LogP contribution in [-0.4, -0.2) is 46.5 Å². The Bertz CT molecular complexity index is 766. The van der Waals surface area contributed by atoms with Gasteiger partial charge in [0.1, 0.15) is 12.6 Å². The van der Waals surface area contributed by atoms with E-state index in [-0.39, 0.29) is 6.61 Å². The maximum absolute atomic E-state index is 12.6. The van der Waals surface area contributed by atoms with Gasteiger partial charge in [-0.1, -0.05) is 34.9 Å². The van der Waals surface area contributed by atoms with Gasteiger partial charge in [0.15, 0.2) is 0 Å². The van der Waals surface area contributed by atoms with Gasteiger partial charge in [0.2, 0.25) is 5.95 Å². The second kappa shape index (κ2) is 6.79. The Morgan fingerprint density at radius 2 is 2.00 bits per heavy atom. The summed E-state index contributed by atoms with van der Waals surface area (Å²) in [5.41, 5.74) is 3.20. The number of hydrogen-bond donors (Lipinski definition) is 1. The van der Waals surface area contributed by atoms with Gasteiger partial charge in [0, 0.05) is 12.8 Å². The number of allylic oxidation sites excluding steroid dienone is 1. The molecule has 0 bridgehead atoms. The summed E-state index contributed by atoms with van der Waals surface area (Å²) in [5, 5.41) is 14.7. The summed E-state index contributed by atoms with van der Waals surface area (Å²) in [6, 6.07) is 7.47. The van der Waals surface area contributed by atoms with Crippen LogP contribution in [0.25, 0.3) is 0 Å². The van der Waals surface area contributed by atoms with Gasteiger partial charge in [-0.3, -0.25) is 0 Å². The standard InChI is InChI=1S/C16H19N5O3/c1-10-4-6-12(7-5-10)14-13(15(22)24-9-8-23-3)11(2)17-16-18-19-20-21(14)16/h4-7,14H,8-9H2,1-3H3,(H,17,18,20)/t14-/m0/s1. The number of nitrogens with zero attached hydrogens (tertiary/aromatic N) is 4. The molecule has 24 heavy (non-hydrogen) atoms. The molecule has 0 unspecified atom stereocenters. The number of tetrazole rings is 1. The van der Waals surface area contributed by atoms with Crippen LogP contribution in [0, 0.1) is 6.92 Å². The van der Waals surface area contributed by atoms with Crippen molar-refractivity contribution in [3.05, 3.63) is 46.7 Å². The third-order valence-electron chi connectivity index (χ3n) is 3.85. The van der Waals surface area contributed by atoms with Crippen LogP contribution in [0.4, 0.5) is 5.95 Å². The molecule has 1 atom stereocenters. The molecular weight excluding hydrogens is 310 g/mol. The molecule has 1 aromatic carbocycles. The van der Waals surface area contributed by atoms with Crippen molar-refractivity contribution in [1.29, 1.82) is 0 Å². The van der Waals surface area contributed by atoms with Gasteiger partial charge in [0.05, 0.1) is 12.2 Å². The molecule has 0 fully saturated rings. The molecule has 8 heteroatoms. The first-order valence-electron chi connectivity index (χ1n) is 7.60. The van der Waals surface area contributed by atoms with Crippen molar-refractivity contribution in [3.63, 3.8) is 0 Å². The van der Waals surface area contributed by atoms with Crippen LogP contribution in [0.1, 0.15) is 24.1 Å². The summed E-state index contributed by atoms with van der Waals surface area (Å²) >= 11 is 0. The highest BCUT2D eigenvalue weighted by Gasteiger charge is 2.34. The fourth-order valence-electron chi connectivity index (χ4n) is 2.63. The molecule has 126 valence electrons. The van der Waals surface area contributed by atoms with E-state index < -0.39 is 12.0 Å². The van der Waals surface area contributed by atoms with Crippen molar-refractivity contribution in [3.8, 4) is 0 Å². The lowest BCUT2D eigenvalue weighted by Crippen LogP contribution is -2.30. The number of carbonyl (C=O) groups excluding carboxylic acids is 1. The molecule has 0 radical (unpaired) electrons. The van der Waals surface area contributed by atoms with E-state index in [9.17, 15) is 4.79 Å². The molecule has 1 aromatic heterocycles. The number of ether oxygens (including phenoxy) is 2. The summed E-state index contributed by atoms with van der Waals surface area (Å²) in [5.74, 6) is 0.0790. The predicted molar refractivity (Wildman–Crippen MR) is 86.3 cm³/mol. The number of carbonyl (C=O) groups is 1. The molecule has 0 amide bonds. The lowest BCUT2D eigenvalue weighted by Gasteiger charge is -2.27. The smallest absolute Gasteiger partial charge is 0.338 e. The minimum absolute atomic E-state index is 0.190. The third-order valence-corrected chi connectivity index (χ3v) is 3.85. The Kier molecular flexibility index (Phi) is 4.57. The van der Waals surface area contributed by atoms with Crippen molar-refractivity contribution in [2.45, 2.75) is 19.9 Å². The zero-order valence-corrected chi connectivity index (χ0v) is 13.8. The van der Waals surface area contributed by atoms with Crippen LogP contribution in [-0.2, 0) is 14.3 Å². The third kappa shape index (κ3) is 3.00. The van der Waals surface area contributed by atoms with Gasteiger partial charge in [-0.2, -0.15) is 4.68 Å². The minimum atomic E-state index is -0.438. The maximum atomic E-state index is 12.6. The first kappa shape index (κ1) is 16.1. The van der Waals surface area contributed by atoms with Gasteiger partial charge in [-0.25, -0.2) is 4.79 Å². The van der Waals surface area contributed by atoms with E-state index in [4.69, 9.17) is 9.47 Å². The van der Waals surface area contributed by atoms with E-state index in [0.29, 0.717) is 23.8 Å². The van der Waals surface area contributed by atoms with Crippen molar-refractivity contribution in [1.82, 2.24) is 20.2 Å². The molecule has 1 aliphatic rings. The van der Waals surface area contributed by atoms with Crippen LogP contribution in [0.5, 0.6) is 0 Å². The SMILES string of the molecule is COCCOC(=O)C1=C(C)Nc2nnnn2[C@H]1c1ccc(C)cc1. The molecule has 0 spiro atoms. The number of rotatable bonds is 5. The molecule has 2 heterocycles. The number of fused-ring (bicyclic) bond motifs is 1. The Labute approximate surface area is 139 Å². The second-order valence-electron chi connectivity index (χ2n) is 5.55. The second-order valence-corrected chi connectivity index (χ2v) is 5.55. The summed E-state index contributed by atoms with van der Waals surface area (Å²) in [7, 11) is 1.56. The molecule has 0 saturated carbocycles. The van der Waals surface area contributed by atoms with Crippen LogP contribution in [0.3, 0.4) is 0 Å². The first-order chi connectivity index (χ1) is 11.6. The van der Waals surface area contributed by atoms with Gasteiger partial charge < -0.3 is 14.8 Å². The normalized spacial score (nSPS) is 16.5. The Morgan fingerprint density at radius 3 is 2.71 bits per heavy atom. The van der Waals surface area contributed by atoms with Crippen molar-refractivity contribution in [2.24, 2.45) is 0 Å². The van der Waals surface area contributed by atoms with Crippen molar-refractivity contribution >= 4 is 11.9 Å². The molecule has 3 rings (SSSR count). The summed E-state index contributed by atoms with van der Waals surface area (Å²) in [4.78, 5) is 12.6. The average Bonchev–Trinajstić information content (AvgIpc) is 3.02. The van der Waals surface area contributed by atoms with Crippen LogP contribution < -0.4 is 5.32 Å². The number of esters is 1. The van der Waals surface area contributed by atoms with Crippen LogP contribution >= 0.6 is 0 Å². The van der Waals surface area contributed by atoms with E-state index in [1.807, 2.05) is 38.1 Å². The van der Waals surface area contributed by atoms with Crippen LogP contribution in [0.15, 0.2) is 35.5 Å². The molecule has 1 aliphatic heterocycles. The average molecular weight is 329 g/mol. The first-order valence-corrected chi connectivity index (χ1v) is 7.60. The summed E-state index contributed by atoms with van der Waals surface area (Å²) in [6.45, 7) is 4.36. The zero-order valence-electron chi connectivity index (χ0n) is 13.8. The summed E-state index contributed by atoms with van der Waals surface area (Å²) in [6.07, 6.45) is 0. The highest BCUT2D eigenvalue weighted by molar-refractivity contribution is 5.92. The quantitative estimate of drug-likeness (QED) is 0.656. The minimum Gasteiger partial charge on any atom is -0.460 e. The fraction of sp³-hybridized carbons (Fsp3) is 0.375. The number of methoxy groups -OCH3 is 1. The molecule has 2 aromatic rings. The lowest BCUT2D eigenvalue weighted by molar-refractivity contribution is -0.140. The molecule has 1 N–H and O–H groups in total. The largest absolute Gasteiger partial charge is 0.460 e. The van der Waals surface area contributed by atoms with E-state index in [1.165, 1.54) is 0 Å². The zero-order chi connectivity index (χ0) is 17.1. The van der Waals surface area contributed by atoms with Gasteiger partial charge >= 0.3 is 5.97 Å². The number of aromatic nitrogens is 4. The van der Waals surface area contributed by atoms with Gasteiger partial charge in [-0.05, 0) is 29.8 Å². The van der Waals surface area contributed by atoms with Gasteiger partial charge in [-0.15, -0.1) is 0 Å². The topological polar surface area (TPSA) is 91.2 Å². The number of hydrogen-bond acceptors (Lipinski definition) is 7. The molecular formula is C16H19N5O3. The Balaban J connectivity index is 2.00. The maximum Gasteiger partial charge on any atom is 0.338 e. The Hall–Kier alpha value is -2.74. The van der Waals surface area contributed by atoms with E-state index in [2.05, 4.69) is 20.8 Å². The monoisotopic (exact) mass is 329 g/mol. The van der Waals surface area contributed by atoms with Crippen molar-refractivity contribution in [2.75, 3.05) is 25.6 Å². The van der Waals surface area contributed by atoms with E-state index in [1.54, 1.807) is 11.8 Å². The van der Waals surface area contributed by atoms with Crippen molar-refractivity contribution < 1.29 is 14.3 Å². The molecule has 0 saturated heterocycles. The number of benzene rings is 1. The number of anilines is 1. The van der Waals surface area contributed by atoms with E-state index in [0.717, 1.165) is 11.1 Å². The lowest BCUT2D eigenvalue weighted by atomic mass is 9.95. The van der Waals surface area contributed by atoms with Crippen LogP contribution in [0.2, 0.25) is 0 Å². The molecule has 0 aliphatic carbocycles. The number of nitrogens with one attached hydrogen (secondary N) is 1. The van der Waals surface area contributed by atoms with E-state index >= 15 is 0 Å². The predicted octanol–water partition coefficient (Wildman–Crippen LogP) is 1.46. The fourth-order valence-corrected chi connectivity index (χ4v) is 2.63. The molecule has 8 nitrogen and oxygen atoms in total. The number of aryl methyl sites for hydroxylation is 1. The highest BCUT2D eigenvalue weighted by Crippen LogP contribution is 2.34.